The zero-order valence-corrected chi connectivity index (χ0v) is 10.8. The summed E-state index contributed by atoms with van der Waals surface area (Å²) in [5.74, 6) is 0.794. The lowest BCUT2D eigenvalue weighted by Crippen LogP contribution is -2.05. The molecule has 0 fully saturated rings. The third-order valence-electron chi connectivity index (χ3n) is 3.66. The Morgan fingerprint density at radius 3 is 2.53 bits per heavy atom. The SMILES string of the molecule is Cc1ccc2c(c1)C(=O)n1c-2nc2ccc(C)cc21. The minimum absolute atomic E-state index is 0.0294. The fourth-order valence-electron chi connectivity index (χ4n) is 2.72. The highest BCUT2D eigenvalue weighted by atomic mass is 16.2. The van der Waals surface area contributed by atoms with E-state index in [1.54, 1.807) is 4.57 Å². The molecule has 1 aliphatic rings. The van der Waals surface area contributed by atoms with Crippen molar-refractivity contribution in [2.45, 2.75) is 13.8 Å². The fourth-order valence-corrected chi connectivity index (χ4v) is 2.72. The van der Waals surface area contributed by atoms with Gasteiger partial charge in [0, 0.05) is 5.56 Å². The molecule has 1 aliphatic heterocycles. The summed E-state index contributed by atoms with van der Waals surface area (Å²) in [6, 6.07) is 12.0. The van der Waals surface area contributed by atoms with Crippen molar-refractivity contribution in [3.05, 3.63) is 53.1 Å². The van der Waals surface area contributed by atoms with Gasteiger partial charge in [-0.2, -0.15) is 0 Å². The largest absolute Gasteiger partial charge is 0.268 e. The average molecular weight is 248 g/mol. The van der Waals surface area contributed by atoms with Crippen molar-refractivity contribution in [3.63, 3.8) is 0 Å². The molecule has 3 aromatic rings. The number of imidazole rings is 1. The van der Waals surface area contributed by atoms with E-state index in [0.717, 1.165) is 39.1 Å². The smallest absolute Gasteiger partial charge is 0.264 e. The highest BCUT2D eigenvalue weighted by Crippen LogP contribution is 2.35. The van der Waals surface area contributed by atoms with Crippen LogP contribution in [-0.2, 0) is 0 Å². The predicted octanol–water partition coefficient (Wildman–Crippen LogP) is 3.32. The molecule has 1 aromatic heterocycles. The molecular weight excluding hydrogens is 236 g/mol. The lowest BCUT2D eigenvalue weighted by atomic mass is 10.1. The van der Waals surface area contributed by atoms with Gasteiger partial charge >= 0.3 is 0 Å². The van der Waals surface area contributed by atoms with Crippen molar-refractivity contribution < 1.29 is 4.79 Å². The molecule has 2 heterocycles. The van der Waals surface area contributed by atoms with E-state index in [1.165, 1.54) is 0 Å². The van der Waals surface area contributed by atoms with Crippen LogP contribution in [0.2, 0.25) is 0 Å². The summed E-state index contributed by atoms with van der Waals surface area (Å²) in [6.45, 7) is 4.02. The number of aromatic nitrogens is 2. The molecular formula is C16H12N2O. The lowest BCUT2D eigenvalue weighted by Gasteiger charge is -2.00. The minimum Gasteiger partial charge on any atom is -0.268 e. The second-order valence-corrected chi connectivity index (χ2v) is 5.12. The van der Waals surface area contributed by atoms with Crippen molar-refractivity contribution in [2.24, 2.45) is 0 Å². The van der Waals surface area contributed by atoms with Gasteiger partial charge in [0.05, 0.1) is 16.6 Å². The van der Waals surface area contributed by atoms with Gasteiger partial charge in [-0.3, -0.25) is 9.36 Å². The average Bonchev–Trinajstić information content (AvgIpc) is 2.87. The van der Waals surface area contributed by atoms with E-state index in [9.17, 15) is 4.79 Å². The normalized spacial score (nSPS) is 12.8. The molecule has 0 saturated carbocycles. The third kappa shape index (κ3) is 1.27. The van der Waals surface area contributed by atoms with Gasteiger partial charge in [0.15, 0.2) is 0 Å². The Bertz CT molecular complexity index is 859. The van der Waals surface area contributed by atoms with Gasteiger partial charge in [0.2, 0.25) is 0 Å². The maximum absolute atomic E-state index is 12.5. The third-order valence-corrected chi connectivity index (χ3v) is 3.66. The Balaban J connectivity index is 2.12. The molecule has 0 amide bonds. The van der Waals surface area contributed by atoms with Crippen LogP contribution >= 0.6 is 0 Å². The first-order chi connectivity index (χ1) is 9.15. The Morgan fingerprint density at radius 1 is 0.947 bits per heavy atom. The van der Waals surface area contributed by atoms with Gasteiger partial charge < -0.3 is 0 Å². The Labute approximate surface area is 110 Å². The standard InChI is InChI=1S/C16H12N2O/c1-9-3-5-11-12(7-9)16(19)18-14-8-10(2)4-6-13(14)17-15(11)18/h3-8H,1-2H3. The zero-order valence-electron chi connectivity index (χ0n) is 10.8. The van der Waals surface area contributed by atoms with Gasteiger partial charge in [0.1, 0.15) is 5.82 Å². The molecule has 19 heavy (non-hydrogen) atoms. The van der Waals surface area contributed by atoms with Crippen LogP contribution in [-0.4, -0.2) is 15.5 Å². The quantitative estimate of drug-likeness (QED) is 0.478. The summed E-state index contributed by atoms with van der Waals surface area (Å²) < 4.78 is 1.73. The monoisotopic (exact) mass is 248 g/mol. The van der Waals surface area contributed by atoms with Gasteiger partial charge in [-0.15, -0.1) is 0 Å². The molecule has 0 radical (unpaired) electrons. The molecule has 4 rings (SSSR count). The molecule has 0 atom stereocenters. The number of benzene rings is 2. The lowest BCUT2D eigenvalue weighted by molar-refractivity contribution is 0.0973. The molecule has 0 saturated heterocycles. The maximum Gasteiger partial charge on any atom is 0.264 e. The molecule has 0 aliphatic carbocycles. The van der Waals surface area contributed by atoms with Crippen LogP contribution in [0.25, 0.3) is 22.4 Å². The fraction of sp³-hybridized carbons (Fsp3) is 0.125. The van der Waals surface area contributed by atoms with Crippen LogP contribution < -0.4 is 0 Å². The maximum atomic E-state index is 12.5. The molecule has 2 aromatic carbocycles. The summed E-state index contributed by atoms with van der Waals surface area (Å²) >= 11 is 0. The Morgan fingerprint density at radius 2 is 1.68 bits per heavy atom. The van der Waals surface area contributed by atoms with E-state index in [2.05, 4.69) is 4.98 Å². The molecule has 92 valence electrons. The van der Waals surface area contributed by atoms with E-state index in [0.29, 0.717) is 0 Å². The highest BCUT2D eigenvalue weighted by molar-refractivity contribution is 6.12. The number of hydrogen-bond acceptors (Lipinski definition) is 2. The number of carbonyl (C=O) groups excluding carboxylic acids is 1. The van der Waals surface area contributed by atoms with Crippen LogP contribution in [0.1, 0.15) is 21.5 Å². The van der Waals surface area contributed by atoms with E-state index in [-0.39, 0.29) is 5.91 Å². The number of hydrogen-bond donors (Lipinski definition) is 0. The molecule has 0 unspecified atom stereocenters. The van der Waals surface area contributed by atoms with Crippen LogP contribution in [0.4, 0.5) is 0 Å². The van der Waals surface area contributed by atoms with E-state index < -0.39 is 0 Å². The van der Waals surface area contributed by atoms with Gasteiger partial charge in [-0.25, -0.2) is 4.98 Å². The van der Waals surface area contributed by atoms with Gasteiger partial charge in [-0.05, 0) is 37.6 Å². The van der Waals surface area contributed by atoms with Crippen LogP contribution in [0, 0.1) is 13.8 Å². The number of carbonyl (C=O) groups is 1. The van der Waals surface area contributed by atoms with E-state index in [1.807, 2.05) is 50.2 Å². The van der Waals surface area contributed by atoms with E-state index in [4.69, 9.17) is 0 Å². The molecule has 0 N–H and O–H groups in total. The molecule has 3 heteroatoms. The first kappa shape index (κ1) is 10.5. The first-order valence-corrected chi connectivity index (χ1v) is 6.30. The zero-order chi connectivity index (χ0) is 13.1. The van der Waals surface area contributed by atoms with Crippen molar-refractivity contribution in [2.75, 3.05) is 0 Å². The Kier molecular flexibility index (Phi) is 1.83. The topological polar surface area (TPSA) is 34.9 Å². The Hall–Kier alpha value is -2.42. The van der Waals surface area contributed by atoms with Crippen molar-refractivity contribution >= 4 is 16.9 Å². The van der Waals surface area contributed by atoms with Crippen molar-refractivity contribution in [3.8, 4) is 11.4 Å². The predicted molar refractivity (Wildman–Crippen MR) is 74.4 cm³/mol. The summed E-state index contributed by atoms with van der Waals surface area (Å²) in [6.07, 6.45) is 0. The summed E-state index contributed by atoms with van der Waals surface area (Å²) in [7, 11) is 0. The second-order valence-electron chi connectivity index (χ2n) is 5.12. The van der Waals surface area contributed by atoms with Crippen LogP contribution in [0.15, 0.2) is 36.4 Å². The highest BCUT2D eigenvalue weighted by Gasteiger charge is 2.29. The summed E-state index contributed by atoms with van der Waals surface area (Å²) in [5, 5.41) is 0. The van der Waals surface area contributed by atoms with Crippen LogP contribution in [0.3, 0.4) is 0 Å². The number of rotatable bonds is 0. The molecule has 3 nitrogen and oxygen atoms in total. The number of aryl methyl sites for hydroxylation is 2. The molecule has 0 bridgehead atoms. The molecule has 0 spiro atoms. The van der Waals surface area contributed by atoms with Gasteiger partial charge in [-0.1, -0.05) is 23.8 Å². The first-order valence-electron chi connectivity index (χ1n) is 6.30. The van der Waals surface area contributed by atoms with Crippen molar-refractivity contribution in [1.29, 1.82) is 0 Å². The van der Waals surface area contributed by atoms with E-state index >= 15 is 0 Å². The summed E-state index contributed by atoms with van der Waals surface area (Å²) in [4.78, 5) is 17.1. The van der Waals surface area contributed by atoms with Crippen molar-refractivity contribution in [1.82, 2.24) is 9.55 Å². The van der Waals surface area contributed by atoms with Gasteiger partial charge in [0.25, 0.3) is 5.91 Å². The second kappa shape index (κ2) is 3.32. The summed E-state index contributed by atoms with van der Waals surface area (Å²) in [5.41, 5.74) is 5.69. The number of fused-ring (bicyclic) bond motifs is 5. The minimum atomic E-state index is 0.0294. The number of nitrogens with zero attached hydrogens (tertiary/aromatic N) is 2. The van der Waals surface area contributed by atoms with Crippen LogP contribution in [0.5, 0.6) is 0 Å².